The van der Waals surface area contributed by atoms with Crippen molar-refractivity contribution in [1.82, 2.24) is 19.9 Å². The highest BCUT2D eigenvalue weighted by Gasteiger charge is 2.28. The van der Waals surface area contributed by atoms with Crippen LogP contribution in [-0.4, -0.2) is 25.0 Å². The molecule has 6 nitrogen and oxygen atoms in total. The van der Waals surface area contributed by atoms with Crippen molar-refractivity contribution in [3.63, 3.8) is 0 Å². The summed E-state index contributed by atoms with van der Waals surface area (Å²) in [6, 6.07) is 18.0. The maximum atomic E-state index is 9.90. The second-order valence-corrected chi connectivity index (χ2v) is 8.22. The number of rotatable bonds is 6. The molecule has 1 aliphatic rings. The molecule has 2 aromatic heterocycles. The zero-order valence-corrected chi connectivity index (χ0v) is 17.5. The van der Waals surface area contributed by atoms with Crippen LogP contribution >= 0.6 is 0 Å². The number of nitrogens with two attached hydrogens (primary N) is 1. The molecule has 2 aromatic carbocycles. The van der Waals surface area contributed by atoms with E-state index < -0.39 is 0 Å². The smallest absolute Gasteiger partial charge is 0.121 e. The largest absolute Gasteiger partial charge is 0.508 e. The molecule has 158 valence electrons. The summed E-state index contributed by atoms with van der Waals surface area (Å²) in [7, 11) is 0. The molecule has 0 fully saturated rings. The fourth-order valence-electron chi connectivity index (χ4n) is 4.66. The Morgan fingerprint density at radius 3 is 2.84 bits per heavy atom. The van der Waals surface area contributed by atoms with Crippen molar-refractivity contribution in [1.29, 1.82) is 0 Å². The molecular weight excluding hydrogens is 386 g/mol. The Labute approximate surface area is 181 Å². The van der Waals surface area contributed by atoms with Gasteiger partial charge in [-0.2, -0.15) is 0 Å². The zero-order chi connectivity index (χ0) is 21.2. The lowest BCUT2D eigenvalue weighted by Crippen LogP contribution is -2.32. The maximum Gasteiger partial charge on any atom is 0.121 e. The van der Waals surface area contributed by atoms with Crippen molar-refractivity contribution in [3.05, 3.63) is 89.0 Å². The Morgan fingerprint density at radius 2 is 1.97 bits per heavy atom. The van der Waals surface area contributed by atoms with E-state index in [9.17, 15) is 5.11 Å². The van der Waals surface area contributed by atoms with Crippen LogP contribution < -0.4 is 5.73 Å². The van der Waals surface area contributed by atoms with E-state index in [2.05, 4.69) is 22.0 Å². The Kier molecular flexibility index (Phi) is 5.40. The van der Waals surface area contributed by atoms with Gasteiger partial charge in [0.1, 0.15) is 11.6 Å². The van der Waals surface area contributed by atoms with Crippen molar-refractivity contribution >= 4 is 11.0 Å². The number of nitrogens with zero attached hydrogens (tertiary/aromatic N) is 3. The number of nitrogens with one attached hydrogen (secondary N) is 1. The van der Waals surface area contributed by atoms with Crippen LogP contribution in [0, 0.1) is 0 Å². The molecule has 4 aromatic rings. The molecule has 4 N–H and O–H groups in total. The number of aromatic nitrogens is 3. The summed E-state index contributed by atoms with van der Waals surface area (Å²) in [5.74, 6) is 1.19. The van der Waals surface area contributed by atoms with Crippen LogP contribution in [0.4, 0.5) is 0 Å². The molecule has 2 heterocycles. The van der Waals surface area contributed by atoms with E-state index in [1.807, 2.05) is 36.5 Å². The van der Waals surface area contributed by atoms with Gasteiger partial charge >= 0.3 is 0 Å². The number of aromatic hydroxyl groups is 1. The Bertz CT molecular complexity index is 1170. The van der Waals surface area contributed by atoms with Crippen LogP contribution in [-0.2, 0) is 26.1 Å². The Balaban J connectivity index is 1.52. The number of benzene rings is 2. The van der Waals surface area contributed by atoms with Gasteiger partial charge in [-0.15, -0.1) is 0 Å². The summed E-state index contributed by atoms with van der Waals surface area (Å²) in [6.07, 6.45) is 5.16. The third kappa shape index (κ3) is 4.04. The number of phenols is 1. The van der Waals surface area contributed by atoms with E-state index in [0.29, 0.717) is 19.6 Å². The number of pyridine rings is 1. The lowest BCUT2D eigenvalue weighted by atomic mass is 9.90. The number of aryl methyl sites for hydroxylation is 1. The lowest BCUT2D eigenvalue weighted by molar-refractivity contribution is 0.153. The van der Waals surface area contributed by atoms with Gasteiger partial charge in [0, 0.05) is 19.3 Å². The number of para-hydroxylation sites is 2. The van der Waals surface area contributed by atoms with Gasteiger partial charge in [-0.1, -0.05) is 24.3 Å². The minimum absolute atomic E-state index is 0.206. The quantitative estimate of drug-likeness (QED) is 0.441. The van der Waals surface area contributed by atoms with Crippen molar-refractivity contribution < 1.29 is 5.11 Å². The first-order valence-electron chi connectivity index (χ1n) is 10.8. The highest BCUT2D eigenvalue weighted by molar-refractivity contribution is 5.74. The standard InChI is InChI=1S/C25H27N5O/c26-14-19-13-20(31)11-10-18(19)15-30(16-24-28-21-7-1-2-8-22(21)29-24)23-9-3-5-17-6-4-12-27-25(17)23/h1-2,4,6-8,10-13,23,31H,3,5,9,14-16,26H2,(H,28,29). The molecule has 5 rings (SSSR count). The molecule has 0 bridgehead atoms. The second-order valence-electron chi connectivity index (χ2n) is 8.22. The fourth-order valence-corrected chi connectivity index (χ4v) is 4.66. The fraction of sp³-hybridized carbons (Fsp3) is 0.280. The molecule has 0 aliphatic heterocycles. The number of phenolic OH excluding ortho intramolecular Hbond substituents is 1. The van der Waals surface area contributed by atoms with Crippen molar-refractivity contribution in [2.75, 3.05) is 0 Å². The molecule has 31 heavy (non-hydrogen) atoms. The Morgan fingerprint density at radius 1 is 1.06 bits per heavy atom. The predicted octanol–water partition coefficient (Wildman–Crippen LogP) is 4.20. The first-order chi connectivity index (χ1) is 15.2. The third-order valence-electron chi connectivity index (χ3n) is 6.18. The summed E-state index contributed by atoms with van der Waals surface area (Å²) >= 11 is 0. The molecule has 6 heteroatoms. The highest BCUT2D eigenvalue weighted by atomic mass is 16.3. The Hall–Kier alpha value is -3.22. The molecule has 0 radical (unpaired) electrons. The predicted molar refractivity (Wildman–Crippen MR) is 121 cm³/mol. The normalized spacial score (nSPS) is 16.0. The summed E-state index contributed by atoms with van der Waals surface area (Å²) in [5.41, 5.74) is 12.6. The first-order valence-corrected chi connectivity index (χ1v) is 10.8. The van der Waals surface area contributed by atoms with Gasteiger partial charge < -0.3 is 15.8 Å². The summed E-state index contributed by atoms with van der Waals surface area (Å²) < 4.78 is 0. The minimum atomic E-state index is 0.206. The van der Waals surface area contributed by atoms with Crippen LogP contribution in [0.5, 0.6) is 5.75 Å². The molecule has 0 saturated heterocycles. The van der Waals surface area contributed by atoms with E-state index in [1.54, 1.807) is 12.1 Å². The van der Waals surface area contributed by atoms with Crippen LogP contribution in [0.1, 0.15) is 47.1 Å². The van der Waals surface area contributed by atoms with E-state index in [4.69, 9.17) is 15.7 Å². The number of imidazole rings is 1. The van der Waals surface area contributed by atoms with Crippen LogP contribution in [0.25, 0.3) is 11.0 Å². The highest BCUT2D eigenvalue weighted by Crippen LogP contribution is 2.35. The van der Waals surface area contributed by atoms with Gasteiger partial charge in [-0.05, 0) is 66.3 Å². The molecule has 0 amide bonds. The van der Waals surface area contributed by atoms with Crippen LogP contribution in [0.15, 0.2) is 60.8 Å². The zero-order valence-electron chi connectivity index (χ0n) is 17.5. The van der Waals surface area contributed by atoms with Gasteiger partial charge in [0.05, 0.1) is 29.3 Å². The number of H-pyrrole nitrogens is 1. The van der Waals surface area contributed by atoms with Gasteiger partial charge in [0.2, 0.25) is 0 Å². The molecule has 1 aliphatic carbocycles. The molecule has 0 spiro atoms. The topological polar surface area (TPSA) is 91.1 Å². The van der Waals surface area contributed by atoms with E-state index >= 15 is 0 Å². The lowest BCUT2D eigenvalue weighted by Gasteiger charge is -2.35. The van der Waals surface area contributed by atoms with Crippen molar-refractivity contribution in [3.8, 4) is 5.75 Å². The summed E-state index contributed by atoms with van der Waals surface area (Å²) in [4.78, 5) is 15.5. The maximum absolute atomic E-state index is 9.90. The van der Waals surface area contributed by atoms with E-state index in [0.717, 1.165) is 52.9 Å². The first kappa shape index (κ1) is 19.7. The monoisotopic (exact) mass is 413 g/mol. The van der Waals surface area contributed by atoms with Crippen LogP contribution in [0.3, 0.4) is 0 Å². The number of hydrogen-bond donors (Lipinski definition) is 3. The number of hydrogen-bond acceptors (Lipinski definition) is 5. The van der Waals surface area contributed by atoms with E-state index in [-0.39, 0.29) is 11.8 Å². The molecule has 1 unspecified atom stereocenters. The second kappa shape index (κ2) is 8.49. The third-order valence-corrected chi connectivity index (χ3v) is 6.18. The van der Waals surface area contributed by atoms with E-state index in [1.165, 1.54) is 5.56 Å². The van der Waals surface area contributed by atoms with Crippen molar-refractivity contribution in [2.45, 2.75) is 44.9 Å². The summed E-state index contributed by atoms with van der Waals surface area (Å²) in [5, 5.41) is 9.90. The summed E-state index contributed by atoms with van der Waals surface area (Å²) in [6.45, 7) is 1.78. The number of aromatic amines is 1. The van der Waals surface area contributed by atoms with Gasteiger partial charge in [0.25, 0.3) is 0 Å². The molecular formula is C25H27N5O. The van der Waals surface area contributed by atoms with Crippen molar-refractivity contribution in [2.24, 2.45) is 5.73 Å². The average Bonchev–Trinajstić information content (AvgIpc) is 3.21. The molecule has 0 saturated carbocycles. The SMILES string of the molecule is NCc1cc(O)ccc1CN(Cc1nc2ccccc2[nH]1)C1CCCc2cccnc21. The molecule has 1 atom stereocenters. The van der Waals surface area contributed by atoms with Gasteiger partial charge in [-0.25, -0.2) is 4.98 Å². The van der Waals surface area contributed by atoms with Gasteiger partial charge in [0.15, 0.2) is 0 Å². The average molecular weight is 414 g/mol. The minimum Gasteiger partial charge on any atom is -0.508 e. The number of fused-ring (bicyclic) bond motifs is 2. The van der Waals surface area contributed by atoms with Gasteiger partial charge in [-0.3, -0.25) is 9.88 Å². The van der Waals surface area contributed by atoms with Crippen LogP contribution in [0.2, 0.25) is 0 Å².